The molecule has 0 amide bonds. The van der Waals surface area contributed by atoms with Crippen molar-refractivity contribution in [3.05, 3.63) is 35.6 Å². The van der Waals surface area contributed by atoms with Gasteiger partial charge in [-0.25, -0.2) is 4.39 Å². The molecule has 0 aliphatic heterocycles. The Balaban J connectivity index is 2.45. The highest BCUT2D eigenvalue weighted by Crippen LogP contribution is 2.21. The summed E-state index contributed by atoms with van der Waals surface area (Å²) < 4.78 is 12.8. The van der Waals surface area contributed by atoms with E-state index in [0.717, 1.165) is 19.5 Å². The smallest absolute Gasteiger partial charge is 0.123 e. The van der Waals surface area contributed by atoms with E-state index in [9.17, 15) is 4.39 Å². The van der Waals surface area contributed by atoms with Crippen molar-refractivity contribution in [2.75, 3.05) is 13.1 Å². The third kappa shape index (κ3) is 5.83. The molecule has 0 saturated carbocycles. The van der Waals surface area contributed by atoms with Gasteiger partial charge in [0.15, 0.2) is 0 Å². The predicted octanol–water partition coefficient (Wildman–Crippen LogP) is 3.64. The van der Waals surface area contributed by atoms with Crippen molar-refractivity contribution < 1.29 is 4.39 Å². The van der Waals surface area contributed by atoms with Gasteiger partial charge < -0.3 is 5.32 Å². The molecule has 0 heterocycles. The van der Waals surface area contributed by atoms with E-state index < -0.39 is 0 Å². The van der Waals surface area contributed by atoms with Crippen LogP contribution in [0.3, 0.4) is 0 Å². The highest BCUT2D eigenvalue weighted by molar-refractivity contribution is 5.17. The van der Waals surface area contributed by atoms with Crippen molar-refractivity contribution in [3.8, 4) is 0 Å². The summed E-state index contributed by atoms with van der Waals surface area (Å²) >= 11 is 0. The minimum atomic E-state index is -0.163. The lowest BCUT2D eigenvalue weighted by Gasteiger charge is -2.25. The van der Waals surface area contributed by atoms with E-state index in [1.165, 1.54) is 17.7 Å². The van der Waals surface area contributed by atoms with Crippen LogP contribution in [0.1, 0.15) is 33.3 Å². The van der Waals surface area contributed by atoms with E-state index in [1.807, 2.05) is 12.1 Å². The Morgan fingerprint density at radius 2 is 1.76 bits per heavy atom. The van der Waals surface area contributed by atoms with Gasteiger partial charge in [-0.05, 0) is 42.0 Å². The maximum Gasteiger partial charge on any atom is 0.123 e. The molecule has 0 aliphatic carbocycles. The van der Waals surface area contributed by atoms with E-state index in [-0.39, 0.29) is 11.2 Å². The lowest BCUT2D eigenvalue weighted by molar-refractivity contribution is 0.330. The molecular weight excluding hydrogens is 213 g/mol. The molecule has 1 rings (SSSR count). The van der Waals surface area contributed by atoms with Gasteiger partial charge in [0.2, 0.25) is 0 Å². The van der Waals surface area contributed by atoms with Crippen LogP contribution in [-0.2, 0) is 6.42 Å². The molecule has 17 heavy (non-hydrogen) atoms. The normalized spacial score (nSPS) is 12.1. The summed E-state index contributed by atoms with van der Waals surface area (Å²) in [5.41, 5.74) is 1.40. The summed E-state index contributed by atoms with van der Waals surface area (Å²) in [6, 6.07) is 6.82. The highest BCUT2D eigenvalue weighted by Gasteiger charge is 2.18. The molecule has 2 heteroatoms. The molecule has 0 radical (unpaired) electrons. The first-order valence-electron chi connectivity index (χ1n) is 6.34. The Kier molecular flexibility index (Phi) is 5.13. The minimum absolute atomic E-state index is 0.163. The summed E-state index contributed by atoms with van der Waals surface area (Å²) in [6.07, 6.45) is 0.971. The molecule has 0 bridgehead atoms. The van der Waals surface area contributed by atoms with Crippen LogP contribution in [0.5, 0.6) is 0 Å². The van der Waals surface area contributed by atoms with Crippen LogP contribution >= 0.6 is 0 Å². The molecule has 1 nitrogen and oxygen atoms in total. The molecule has 0 unspecified atom stereocenters. The molecule has 0 spiro atoms. The summed E-state index contributed by atoms with van der Waals surface area (Å²) in [4.78, 5) is 0. The van der Waals surface area contributed by atoms with Gasteiger partial charge in [0.1, 0.15) is 5.82 Å². The van der Waals surface area contributed by atoms with Crippen molar-refractivity contribution in [2.24, 2.45) is 11.3 Å². The zero-order chi connectivity index (χ0) is 12.9. The minimum Gasteiger partial charge on any atom is -0.316 e. The van der Waals surface area contributed by atoms with Gasteiger partial charge in [0.05, 0.1) is 0 Å². The fourth-order valence-corrected chi connectivity index (χ4v) is 1.92. The van der Waals surface area contributed by atoms with Gasteiger partial charge in [-0.2, -0.15) is 0 Å². The van der Waals surface area contributed by atoms with Crippen LogP contribution in [0.25, 0.3) is 0 Å². The molecule has 0 fully saturated rings. The Morgan fingerprint density at radius 1 is 1.18 bits per heavy atom. The number of halogens is 1. The third-order valence-electron chi connectivity index (χ3n) is 2.75. The Hall–Kier alpha value is -0.890. The predicted molar refractivity (Wildman–Crippen MR) is 71.6 cm³/mol. The van der Waals surface area contributed by atoms with Crippen LogP contribution in [-0.4, -0.2) is 13.1 Å². The number of hydrogen-bond donors (Lipinski definition) is 1. The Bertz CT molecular complexity index is 327. The molecule has 1 aromatic rings. The lowest BCUT2D eigenvalue weighted by atomic mass is 9.85. The molecular formula is C15H24FN. The second kappa shape index (κ2) is 6.15. The molecule has 1 aromatic carbocycles. The van der Waals surface area contributed by atoms with Crippen molar-refractivity contribution in [1.29, 1.82) is 0 Å². The van der Waals surface area contributed by atoms with Crippen molar-refractivity contribution in [2.45, 2.75) is 34.1 Å². The second-order valence-electron chi connectivity index (χ2n) is 5.99. The van der Waals surface area contributed by atoms with Crippen LogP contribution in [0.2, 0.25) is 0 Å². The number of hydrogen-bond acceptors (Lipinski definition) is 1. The van der Waals surface area contributed by atoms with E-state index >= 15 is 0 Å². The summed E-state index contributed by atoms with van der Waals surface area (Å²) in [6.45, 7) is 10.9. The van der Waals surface area contributed by atoms with Gasteiger partial charge in [-0.3, -0.25) is 0 Å². The fourth-order valence-electron chi connectivity index (χ4n) is 1.92. The average molecular weight is 237 g/mol. The van der Waals surface area contributed by atoms with Gasteiger partial charge in [0, 0.05) is 6.54 Å². The largest absolute Gasteiger partial charge is 0.316 e. The topological polar surface area (TPSA) is 12.0 Å². The Labute approximate surface area is 104 Å². The van der Waals surface area contributed by atoms with Crippen molar-refractivity contribution in [1.82, 2.24) is 5.32 Å². The first-order chi connectivity index (χ1) is 7.89. The fraction of sp³-hybridized carbons (Fsp3) is 0.600. The summed E-state index contributed by atoms with van der Waals surface area (Å²) in [5.74, 6) is 0.515. The van der Waals surface area contributed by atoms with Crippen molar-refractivity contribution in [3.63, 3.8) is 0 Å². The standard InChI is InChI=1S/C15H24FN/c1-12(2)10-17-11-15(3,4)9-13-5-7-14(16)8-6-13/h5-8,12,17H,9-11H2,1-4H3. The lowest BCUT2D eigenvalue weighted by Crippen LogP contribution is -2.33. The van der Waals surface area contributed by atoms with Crippen LogP contribution < -0.4 is 5.32 Å². The van der Waals surface area contributed by atoms with Gasteiger partial charge in [-0.1, -0.05) is 39.8 Å². The molecule has 0 saturated heterocycles. The van der Waals surface area contributed by atoms with E-state index in [0.29, 0.717) is 5.92 Å². The molecule has 96 valence electrons. The maximum absolute atomic E-state index is 12.8. The van der Waals surface area contributed by atoms with Crippen LogP contribution in [0.15, 0.2) is 24.3 Å². The number of benzene rings is 1. The zero-order valence-electron chi connectivity index (χ0n) is 11.4. The van der Waals surface area contributed by atoms with Gasteiger partial charge >= 0.3 is 0 Å². The van der Waals surface area contributed by atoms with E-state index in [1.54, 1.807) is 0 Å². The second-order valence-corrected chi connectivity index (χ2v) is 5.99. The number of nitrogens with one attached hydrogen (secondary N) is 1. The van der Waals surface area contributed by atoms with Gasteiger partial charge in [0.25, 0.3) is 0 Å². The van der Waals surface area contributed by atoms with E-state index in [2.05, 4.69) is 33.0 Å². The van der Waals surface area contributed by atoms with Crippen LogP contribution in [0.4, 0.5) is 4.39 Å². The van der Waals surface area contributed by atoms with Gasteiger partial charge in [-0.15, -0.1) is 0 Å². The third-order valence-corrected chi connectivity index (χ3v) is 2.75. The summed E-state index contributed by atoms with van der Waals surface area (Å²) in [7, 11) is 0. The first-order valence-corrected chi connectivity index (χ1v) is 6.34. The maximum atomic E-state index is 12.8. The zero-order valence-corrected chi connectivity index (χ0v) is 11.4. The monoisotopic (exact) mass is 237 g/mol. The molecule has 1 N–H and O–H groups in total. The molecule has 0 atom stereocenters. The van der Waals surface area contributed by atoms with E-state index in [4.69, 9.17) is 0 Å². The van der Waals surface area contributed by atoms with Crippen molar-refractivity contribution >= 4 is 0 Å². The summed E-state index contributed by atoms with van der Waals surface area (Å²) in [5, 5.41) is 3.48. The average Bonchev–Trinajstić information content (AvgIpc) is 2.20. The molecule has 0 aromatic heterocycles. The highest BCUT2D eigenvalue weighted by atomic mass is 19.1. The quantitative estimate of drug-likeness (QED) is 0.796. The first kappa shape index (κ1) is 14.2. The van der Waals surface area contributed by atoms with Crippen LogP contribution in [0, 0.1) is 17.2 Å². The SMILES string of the molecule is CC(C)CNCC(C)(C)Cc1ccc(F)cc1. The molecule has 0 aliphatic rings. The Morgan fingerprint density at radius 3 is 2.29 bits per heavy atom. The number of rotatable bonds is 6.